The van der Waals surface area contributed by atoms with Gasteiger partial charge in [0.25, 0.3) is 5.91 Å². The average molecular weight is 251 g/mol. The van der Waals surface area contributed by atoms with Gasteiger partial charge < -0.3 is 14.8 Å². The largest absolute Gasteiger partial charge is 0.469 e. The lowest BCUT2D eigenvalue weighted by molar-refractivity contribution is 0.0870. The van der Waals surface area contributed by atoms with Crippen molar-refractivity contribution in [1.82, 2.24) is 5.32 Å². The molecule has 1 aliphatic rings. The smallest absolute Gasteiger partial charge is 0.255 e. The van der Waals surface area contributed by atoms with E-state index in [4.69, 9.17) is 4.42 Å². The van der Waals surface area contributed by atoms with Gasteiger partial charge in [-0.15, -0.1) is 0 Å². The highest BCUT2D eigenvalue weighted by Gasteiger charge is 2.27. The normalized spacial score (nSPS) is 23.9. The molecule has 2 atom stereocenters. The van der Waals surface area contributed by atoms with Crippen molar-refractivity contribution in [2.75, 3.05) is 6.61 Å². The topological polar surface area (TPSA) is 62.5 Å². The molecule has 2 rings (SSSR count). The summed E-state index contributed by atoms with van der Waals surface area (Å²) in [5.41, 5.74) is 0.625. The van der Waals surface area contributed by atoms with Gasteiger partial charge in [0, 0.05) is 25.0 Å². The van der Waals surface area contributed by atoms with Crippen LogP contribution in [0.3, 0.4) is 0 Å². The molecule has 1 amide bonds. The van der Waals surface area contributed by atoms with Crippen molar-refractivity contribution in [3.63, 3.8) is 0 Å². The number of hydrogen-bond donors (Lipinski definition) is 2. The van der Waals surface area contributed by atoms with Crippen LogP contribution in [0.1, 0.15) is 48.7 Å². The lowest BCUT2D eigenvalue weighted by Crippen LogP contribution is -2.43. The third-order valence-corrected chi connectivity index (χ3v) is 3.77. The van der Waals surface area contributed by atoms with Crippen LogP contribution in [-0.2, 0) is 6.42 Å². The molecule has 2 N–H and O–H groups in total. The predicted molar refractivity (Wildman–Crippen MR) is 68.4 cm³/mol. The maximum Gasteiger partial charge on any atom is 0.255 e. The molecule has 1 fully saturated rings. The van der Waals surface area contributed by atoms with E-state index >= 15 is 0 Å². The molecule has 2 unspecified atom stereocenters. The van der Waals surface area contributed by atoms with Gasteiger partial charge in [-0.05, 0) is 18.9 Å². The standard InChI is InChI=1S/C14H21NO3/c1-2-13-11(7-8-18-13)14(17)15-12-6-4-3-5-10(12)9-16/h7-8,10,12,16H,2-6,9H2,1H3,(H,15,17). The quantitative estimate of drug-likeness (QED) is 0.861. The van der Waals surface area contributed by atoms with Crippen molar-refractivity contribution in [2.24, 2.45) is 5.92 Å². The van der Waals surface area contributed by atoms with Crippen molar-refractivity contribution in [3.8, 4) is 0 Å². The molecule has 1 aliphatic carbocycles. The van der Waals surface area contributed by atoms with Gasteiger partial charge in [-0.1, -0.05) is 19.8 Å². The van der Waals surface area contributed by atoms with Crippen LogP contribution in [0.25, 0.3) is 0 Å². The van der Waals surface area contributed by atoms with Crippen LogP contribution >= 0.6 is 0 Å². The van der Waals surface area contributed by atoms with E-state index in [-0.39, 0.29) is 24.5 Å². The van der Waals surface area contributed by atoms with Gasteiger partial charge in [-0.2, -0.15) is 0 Å². The second-order valence-electron chi connectivity index (χ2n) is 4.92. The third-order valence-electron chi connectivity index (χ3n) is 3.77. The summed E-state index contributed by atoms with van der Waals surface area (Å²) in [6.45, 7) is 2.11. The number of aliphatic hydroxyl groups excluding tert-OH is 1. The minimum Gasteiger partial charge on any atom is -0.469 e. The van der Waals surface area contributed by atoms with E-state index in [1.165, 1.54) is 0 Å². The van der Waals surface area contributed by atoms with E-state index < -0.39 is 0 Å². The lowest BCUT2D eigenvalue weighted by atomic mass is 9.85. The summed E-state index contributed by atoms with van der Waals surface area (Å²) >= 11 is 0. The maximum atomic E-state index is 12.2. The molecular weight excluding hydrogens is 230 g/mol. The zero-order valence-electron chi connectivity index (χ0n) is 10.8. The van der Waals surface area contributed by atoms with Crippen LogP contribution in [0.4, 0.5) is 0 Å². The van der Waals surface area contributed by atoms with E-state index in [0.717, 1.165) is 31.4 Å². The molecule has 1 heterocycles. The summed E-state index contributed by atoms with van der Waals surface area (Å²) in [6.07, 6.45) is 6.47. The van der Waals surface area contributed by atoms with E-state index in [1.807, 2.05) is 6.92 Å². The van der Waals surface area contributed by atoms with Crippen LogP contribution in [0.5, 0.6) is 0 Å². The molecule has 18 heavy (non-hydrogen) atoms. The number of amides is 1. The number of aryl methyl sites for hydroxylation is 1. The Kier molecular flexibility index (Phi) is 4.42. The number of nitrogens with one attached hydrogen (secondary N) is 1. The van der Waals surface area contributed by atoms with E-state index in [2.05, 4.69) is 5.32 Å². The zero-order valence-corrected chi connectivity index (χ0v) is 10.8. The zero-order chi connectivity index (χ0) is 13.0. The molecule has 0 radical (unpaired) electrons. The highest BCUT2D eigenvalue weighted by molar-refractivity contribution is 5.95. The van der Waals surface area contributed by atoms with Crippen molar-refractivity contribution in [2.45, 2.75) is 45.1 Å². The number of aliphatic hydroxyl groups is 1. The van der Waals surface area contributed by atoms with E-state index in [0.29, 0.717) is 12.0 Å². The Morgan fingerprint density at radius 3 is 3.00 bits per heavy atom. The Hall–Kier alpha value is -1.29. The summed E-state index contributed by atoms with van der Waals surface area (Å²) in [5.74, 6) is 0.842. The highest BCUT2D eigenvalue weighted by atomic mass is 16.3. The van der Waals surface area contributed by atoms with Gasteiger partial charge in [0.05, 0.1) is 11.8 Å². The number of furan rings is 1. The summed E-state index contributed by atoms with van der Waals surface area (Å²) < 4.78 is 5.27. The van der Waals surface area contributed by atoms with E-state index in [9.17, 15) is 9.90 Å². The minimum atomic E-state index is -0.0778. The first-order chi connectivity index (χ1) is 8.76. The molecule has 1 saturated carbocycles. The lowest BCUT2D eigenvalue weighted by Gasteiger charge is -2.30. The Morgan fingerprint density at radius 1 is 1.50 bits per heavy atom. The average Bonchev–Trinajstić information content (AvgIpc) is 2.87. The Morgan fingerprint density at radius 2 is 2.28 bits per heavy atom. The molecule has 4 nitrogen and oxygen atoms in total. The second-order valence-corrected chi connectivity index (χ2v) is 4.92. The van der Waals surface area contributed by atoms with E-state index in [1.54, 1.807) is 12.3 Å². The number of rotatable bonds is 4. The van der Waals surface area contributed by atoms with Crippen LogP contribution in [0, 0.1) is 5.92 Å². The molecule has 1 aromatic heterocycles. The fourth-order valence-electron chi connectivity index (χ4n) is 2.68. The van der Waals surface area contributed by atoms with Crippen molar-refractivity contribution in [1.29, 1.82) is 0 Å². The highest BCUT2D eigenvalue weighted by Crippen LogP contribution is 2.24. The summed E-state index contributed by atoms with van der Waals surface area (Å²) in [4.78, 5) is 12.2. The molecule has 1 aromatic rings. The first kappa shape index (κ1) is 13.1. The molecule has 100 valence electrons. The van der Waals surface area contributed by atoms with Gasteiger partial charge in [0.15, 0.2) is 0 Å². The minimum absolute atomic E-state index is 0.0778. The molecule has 0 bridgehead atoms. The number of carbonyl (C=O) groups excluding carboxylic acids is 1. The molecule has 0 spiro atoms. The monoisotopic (exact) mass is 251 g/mol. The van der Waals surface area contributed by atoms with Crippen LogP contribution in [-0.4, -0.2) is 23.7 Å². The Balaban J connectivity index is 2.02. The molecule has 0 aromatic carbocycles. The fraction of sp³-hybridized carbons (Fsp3) is 0.643. The molecular formula is C14H21NO3. The Labute approximate surface area is 107 Å². The first-order valence-electron chi connectivity index (χ1n) is 6.74. The van der Waals surface area contributed by atoms with Gasteiger partial charge in [-0.25, -0.2) is 0 Å². The molecule has 0 aliphatic heterocycles. The fourth-order valence-corrected chi connectivity index (χ4v) is 2.68. The number of hydrogen-bond acceptors (Lipinski definition) is 3. The summed E-state index contributed by atoms with van der Waals surface area (Å²) in [5, 5.41) is 12.4. The van der Waals surface area contributed by atoms with Gasteiger partial charge >= 0.3 is 0 Å². The predicted octanol–water partition coefficient (Wildman–Crippen LogP) is 2.12. The summed E-state index contributed by atoms with van der Waals surface area (Å²) in [7, 11) is 0. The van der Waals surface area contributed by atoms with Gasteiger partial charge in [-0.3, -0.25) is 4.79 Å². The van der Waals surface area contributed by atoms with Crippen LogP contribution in [0.2, 0.25) is 0 Å². The maximum absolute atomic E-state index is 12.2. The van der Waals surface area contributed by atoms with Crippen LogP contribution < -0.4 is 5.32 Å². The van der Waals surface area contributed by atoms with Gasteiger partial charge in [0.1, 0.15) is 5.76 Å². The molecule has 4 heteroatoms. The van der Waals surface area contributed by atoms with Gasteiger partial charge in [0.2, 0.25) is 0 Å². The van der Waals surface area contributed by atoms with Crippen molar-refractivity contribution in [3.05, 3.63) is 23.7 Å². The summed E-state index contributed by atoms with van der Waals surface area (Å²) in [6, 6.07) is 1.81. The SMILES string of the molecule is CCc1occc1C(=O)NC1CCCCC1CO. The Bertz CT molecular complexity index is 399. The third kappa shape index (κ3) is 2.75. The first-order valence-corrected chi connectivity index (χ1v) is 6.74. The number of carbonyl (C=O) groups is 1. The second kappa shape index (κ2) is 6.05. The van der Waals surface area contributed by atoms with Crippen molar-refractivity contribution < 1.29 is 14.3 Å². The van der Waals surface area contributed by atoms with Crippen LogP contribution in [0.15, 0.2) is 16.7 Å². The molecule has 0 saturated heterocycles. The van der Waals surface area contributed by atoms with Crippen molar-refractivity contribution >= 4 is 5.91 Å².